The molecule has 2 heterocycles. The van der Waals surface area contributed by atoms with Gasteiger partial charge in [0.2, 0.25) is 0 Å². The summed E-state index contributed by atoms with van der Waals surface area (Å²) in [6.07, 6.45) is 1.90. The summed E-state index contributed by atoms with van der Waals surface area (Å²) in [4.78, 5) is 17.9. The zero-order valence-electron chi connectivity index (χ0n) is 18.1. The van der Waals surface area contributed by atoms with Crippen molar-refractivity contribution < 1.29 is 27.8 Å². The lowest BCUT2D eigenvalue weighted by Crippen LogP contribution is -2.26. The first-order valence-electron chi connectivity index (χ1n) is 10.7. The van der Waals surface area contributed by atoms with E-state index in [1.54, 1.807) is 12.3 Å². The van der Waals surface area contributed by atoms with Gasteiger partial charge < -0.3 is 24.4 Å². The Morgan fingerprint density at radius 2 is 1.97 bits per heavy atom. The van der Waals surface area contributed by atoms with Gasteiger partial charge in [0.05, 0.1) is 38.4 Å². The van der Waals surface area contributed by atoms with Gasteiger partial charge in [-0.2, -0.15) is 0 Å². The summed E-state index contributed by atoms with van der Waals surface area (Å²) in [5.74, 6) is -1.19. The molecule has 172 valence electrons. The molecule has 3 atom stereocenters. The highest BCUT2D eigenvalue weighted by atomic mass is 19.3. The predicted molar refractivity (Wildman–Crippen MR) is 114 cm³/mol. The summed E-state index contributed by atoms with van der Waals surface area (Å²) in [6, 6.07) is 11.0. The number of anilines is 1. The number of ether oxygens (including phenoxy) is 3. The molecule has 7 nitrogen and oxygen atoms in total. The highest BCUT2D eigenvalue weighted by molar-refractivity contribution is 5.67. The quantitative estimate of drug-likeness (QED) is 0.654. The van der Waals surface area contributed by atoms with E-state index in [2.05, 4.69) is 19.9 Å². The normalized spacial score (nSPS) is 22.2. The van der Waals surface area contributed by atoms with Gasteiger partial charge in [-0.1, -0.05) is 12.1 Å². The van der Waals surface area contributed by atoms with E-state index in [0.29, 0.717) is 12.3 Å². The van der Waals surface area contributed by atoms with Gasteiger partial charge in [0, 0.05) is 19.4 Å². The van der Waals surface area contributed by atoms with Crippen molar-refractivity contribution in [3.05, 3.63) is 48.2 Å². The molecule has 2 fully saturated rings. The van der Waals surface area contributed by atoms with Gasteiger partial charge in [0.1, 0.15) is 23.4 Å². The minimum Gasteiger partial charge on any atom is -0.491 e. The molecule has 32 heavy (non-hydrogen) atoms. The molecular weight excluding hydrogens is 420 g/mol. The van der Waals surface area contributed by atoms with Crippen molar-refractivity contribution in [3.63, 3.8) is 0 Å². The fourth-order valence-electron chi connectivity index (χ4n) is 3.67. The number of rotatable bonds is 8. The molecule has 0 radical (unpaired) electrons. The molecule has 0 bridgehead atoms. The lowest BCUT2D eigenvalue weighted by Gasteiger charge is -2.19. The molecule has 1 aromatic carbocycles. The average molecular weight is 447 g/mol. The number of alkyl halides is 2. The maximum Gasteiger partial charge on any atom is 0.407 e. The summed E-state index contributed by atoms with van der Waals surface area (Å²) in [5.41, 5.74) is 0.952. The number of nitrogens with one attached hydrogen (secondary N) is 1. The largest absolute Gasteiger partial charge is 0.491 e. The molecule has 1 aliphatic heterocycles. The molecule has 4 rings (SSSR count). The number of amides is 1. The van der Waals surface area contributed by atoms with Crippen LogP contribution in [0.2, 0.25) is 0 Å². The van der Waals surface area contributed by atoms with Gasteiger partial charge in [0.15, 0.2) is 0 Å². The van der Waals surface area contributed by atoms with Crippen LogP contribution in [-0.4, -0.2) is 49.9 Å². The van der Waals surface area contributed by atoms with Gasteiger partial charge >= 0.3 is 6.09 Å². The van der Waals surface area contributed by atoms with Crippen molar-refractivity contribution in [2.45, 2.75) is 37.8 Å². The maximum absolute atomic E-state index is 12.9. The summed E-state index contributed by atoms with van der Waals surface area (Å²) in [5, 5.41) is 2.73. The third-order valence-electron chi connectivity index (χ3n) is 5.80. The van der Waals surface area contributed by atoms with Gasteiger partial charge in [-0.15, -0.1) is 0 Å². The Bertz CT molecular complexity index is 924. The van der Waals surface area contributed by atoms with E-state index in [1.807, 2.05) is 37.3 Å². The van der Waals surface area contributed by atoms with E-state index >= 15 is 0 Å². The highest BCUT2D eigenvalue weighted by Crippen LogP contribution is 2.48. The van der Waals surface area contributed by atoms with Crippen molar-refractivity contribution in [1.29, 1.82) is 0 Å². The topological polar surface area (TPSA) is 72.9 Å². The van der Waals surface area contributed by atoms with Crippen LogP contribution < -0.4 is 19.7 Å². The number of pyridine rings is 1. The molecule has 9 heteroatoms. The lowest BCUT2D eigenvalue weighted by atomic mass is 10.1. The van der Waals surface area contributed by atoms with E-state index in [4.69, 9.17) is 9.47 Å². The van der Waals surface area contributed by atoms with E-state index in [1.165, 1.54) is 7.11 Å². The number of hydrogen-bond acceptors (Lipinski definition) is 6. The van der Waals surface area contributed by atoms with Crippen molar-refractivity contribution in [3.8, 4) is 11.5 Å². The fraction of sp³-hybridized carbons (Fsp3) is 0.478. The minimum absolute atomic E-state index is 0.0178. The number of halogens is 2. The van der Waals surface area contributed by atoms with E-state index in [-0.39, 0.29) is 25.2 Å². The first-order chi connectivity index (χ1) is 15.3. The Labute approximate surface area is 185 Å². The molecule has 1 saturated heterocycles. The van der Waals surface area contributed by atoms with Crippen LogP contribution in [0.5, 0.6) is 11.5 Å². The SMILES string of the molecule is COC(=O)N[C@@H](C)c1ccc(O[C@@H]2CCN(c3ccc(OC[C@H]4CC4(F)F)cn3)C2)cc1. The van der Waals surface area contributed by atoms with Crippen LogP contribution in [0.25, 0.3) is 0 Å². The molecule has 2 aliphatic rings. The van der Waals surface area contributed by atoms with Crippen LogP contribution in [0.4, 0.5) is 19.4 Å². The maximum atomic E-state index is 12.9. The number of carbonyl (C=O) groups excluding carboxylic acids is 1. The van der Waals surface area contributed by atoms with Crippen LogP contribution in [0, 0.1) is 5.92 Å². The monoisotopic (exact) mass is 447 g/mol. The molecule has 0 unspecified atom stereocenters. The zero-order valence-corrected chi connectivity index (χ0v) is 18.1. The van der Waals surface area contributed by atoms with Crippen molar-refractivity contribution in [2.75, 3.05) is 31.7 Å². The van der Waals surface area contributed by atoms with Crippen LogP contribution in [0.15, 0.2) is 42.6 Å². The molecule has 1 N–H and O–H groups in total. The number of benzene rings is 1. The number of alkyl carbamates (subject to hydrolysis) is 1. The second-order valence-electron chi connectivity index (χ2n) is 8.23. The standard InChI is InChI=1S/C23H27F2N3O4/c1-15(27-22(29)30-2)16-3-5-18(6-4-16)32-20-9-10-28(13-20)21-8-7-19(12-26-21)31-14-17-11-23(17,24)25/h3-8,12,15,17,20H,9-11,13-14H2,1-2H3,(H,27,29)/t15-,17+,20+/m0/s1. The Balaban J connectivity index is 1.25. The van der Waals surface area contributed by atoms with Crippen LogP contribution in [0.3, 0.4) is 0 Å². The van der Waals surface area contributed by atoms with Gasteiger partial charge in [-0.05, 0) is 36.8 Å². The molecular formula is C23H27F2N3O4. The van der Waals surface area contributed by atoms with Gasteiger partial charge in [-0.3, -0.25) is 0 Å². The van der Waals surface area contributed by atoms with Crippen molar-refractivity contribution >= 4 is 11.9 Å². The highest BCUT2D eigenvalue weighted by Gasteiger charge is 2.57. The zero-order chi connectivity index (χ0) is 22.7. The summed E-state index contributed by atoms with van der Waals surface area (Å²) >= 11 is 0. The van der Waals surface area contributed by atoms with Crippen LogP contribution in [-0.2, 0) is 4.74 Å². The average Bonchev–Trinajstić information content (AvgIpc) is 3.16. The molecule has 1 saturated carbocycles. The molecule has 0 spiro atoms. The number of methoxy groups -OCH3 is 1. The molecule has 1 amide bonds. The van der Waals surface area contributed by atoms with E-state index in [0.717, 1.165) is 30.1 Å². The minimum atomic E-state index is -2.57. The number of nitrogens with zero attached hydrogens (tertiary/aromatic N) is 2. The molecule has 2 aromatic rings. The smallest absolute Gasteiger partial charge is 0.407 e. The van der Waals surface area contributed by atoms with Crippen molar-refractivity contribution in [1.82, 2.24) is 10.3 Å². The molecule has 1 aromatic heterocycles. The lowest BCUT2D eigenvalue weighted by molar-refractivity contribution is 0.0855. The third kappa shape index (κ3) is 5.38. The van der Waals surface area contributed by atoms with Crippen molar-refractivity contribution in [2.24, 2.45) is 5.92 Å². The summed E-state index contributed by atoms with van der Waals surface area (Å²) < 4.78 is 42.0. The van der Waals surface area contributed by atoms with Gasteiger partial charge in [-0.25, -0.2) is 18.6 Å². The van der Waals surface area contributed by atoms with Crippen LogP contribution in [0.1, 0.15) is 31.4 Å². The van der Waals surface area contributed by atoms with E-state index in [9.17, 15) is 13.6 Å². The summed E-state index contributed by atoms with van der Waals surface area (Å²) in [6.45, 7) is 3.41. The second kappa shape index (κ2) is 9.18. The third-order valence-corrected chi connectivity index (χ3v) is 5.80. The Kier molecular flexibility index (Phi) is 6.34. The first kappa shape index (κ1) is 22.1. The predicted octanol–water partition coefficient (Wildman–Crippen LogP) is 4.19. The van der Waals surface area contributed by atoms with E-state index < -0.39 is 17.9 Å². The Morgan fingerprint density at radius 1 is 1.25 bits per heavy atom. The molecule has 1 aliphatic carbocycles. The Morgan fingerprint density at radius 3 is 2.59 bits per heavy atom. The van der Waals surface area contributed by atoms with Gasteiger partial charge in [0.25, 0.3) is 5.92 Å². The number of hydrogen-bond donors (Lipinski definition) is 1. The number of carbonyl (C=O) groups is 1. The number of aromatic nitrogens is 1. The second-order valence-corrected chi connectivity index (χ2v) is 8.23. The first-order valence-corrected chi connectivity index (χ1v) is 10.7. The fourth-order valence-corrected chi connectivity index (χ4v) is 3.67. The van der Waals surface area contributed by atoms with Crippen LogP contribution >= 0.6 is 0 Å². The Hall–Kier alpha value is -3.10. The summed E-state index contributed by atoms with van der Waals surface area (Å²) in [7, 11) is 1.33.